The van der Waals surface area contributed by atoms with Gasteiger partial charge in [0.2, 0.25) is 0 Å². The molecular weight excluding hydrogens is 280 g/mol. The van der Waals surface area contributed by atoms with Gasteiger partial charge in [0.05, 0.1) is 0 Å². The summed E-state index contributed by atoms with van der Waals surface area (Å²) in [4.78, 5) is 16.1. The van der Waals surface area contributed by atoms with Crippen molar-refractivity contribution in [3.8, 4) is 0 Å². The van der Waals surface area contributed by atoms with E-state index in [1.165, 1.54) is 0 Å². The van der Waals surface area contributed by atoms with Crippen LogP contribution < -0.4 is 5.32 Å². The van der Waals surface area contributed by atoms with Crippen molar-refractivity contribution in [2.75, 3.05) is 5.32 Å². The second-order valence-electron chi connectivity index (χ2n) is 3.63. The summed E-state index contributed by atoms with van der Waals surface area (Å²) >= 11 is 3.33. The quantitative estimate of drug-likeness (QED) is 0.921. The van der Waals surface area contributed by atoms with Gasteiger partial charge < -0.3 is 5.32 Å². The third-order valence-electron chi connectivity index (χ3n) is 2.24. The molecule has 0 bridgehead atoms. The smallest absolute Gasteiger partial charge is 0.256 e. The molecule has 3 nitrogen and oxygen atoms in total. The Balaban J connectivity index is 2.14. The van der Waals surface area contributed by atoms with Gasteiger partial charge in [0, 0.05) is 15.7 Å². The van der Waals surface area contributed by atoms with Crippen LogP contribution in [0.25, 0.3) is 0 Å². The number of rotatable bonds is 2. The molecule has 0 saturated heterocycles. The Labute approximate surface area is 108 Å². The summed E-state index contributed by atoms with van der Waals surface area (Å²) in [6.07, 6.45) is 0. The fraction of sp³-hybridized carbons (Fsp3) is 0.0769. The lowest BCUT2D eigenvalue weighted by molar-refractivity contribution is 0.102. The van der Waals surface area contributed by atoms with Crippen LogP contribution in [0.1, 0.15) is 16.1 Å². The standard InChI is InChI=1S/C13H11BrN2O/c1-9-3-2-4-12(15-9)16-13(17)10-5-7-11(14)8-6-10/h2-8H,1H3,(H,15,16,17). The largest absolute Gasteiger partial charge is 0.307 e. The van der Waals surface area contributed by atoms with Gasteiger partial charge in [-0.25, -0.2) is 4.98 Å². The molecule has 0 spiro atoms. The van der Waals surface area contributed by atoms with Crippen LogP contribution in [0.3, 0.4) is 0 Å². The summed E-state index contributed by atoms with van der Waals surface area (Å²) in [7, 11) is 0. The molecule has 86 valence electrons. The molecule has 0 fully saturated rings. The minimum Gasteiger partial charge on any atom is -0.307 e. The molecule has 0 aliphatic heterocycles. The predicted octanol–water partition coefficient (Wildman–Crippen LogP) is 3.40. The van der Waals surface area contributed by atoms with E-state index in [4.69, 9.17) is 0 Å². The van der Waals surface area contributed by atoms with E-state index in [1.54, 1.807) is 18.2 Å². The van der Waals surface area contributed by atoms with Crippen LogP contribution in [0, 0.1) is 6.92 Å². The third-order valence-corrected chi connectivity index (χ3v) is 2.77. The summed E-state index contributed by atoms with van der Waals surface area (Å²) in [6, 6.07) is 12.7. The van der Waals surface area contributed by atoms with E-state index in [1.807, 2.05) is 31.2 Å². The predicted molar refractivity (Wildman–Crippen MR) is 71.1 cm³/mol. The molecule has 17 heavy (non-hydrogen) atoms. The Hall–Kier alpha value is -1.68. The van der Waals surface area contributed by atoms with Crippen LogP contribution in [0.15, 0.2) is 46.9 Å². The number of halogens is 1. The van der Waals surface area contributed by atoms with Crippen LogP contribution >= 0.6 is 15.9 Å². The first-order valence-electron chi connectivity index (χ1n) is 5.16. The summed E-state index contributed by atoms with van der Waals surface area (Å²) < 4.78 is 0.947. The fourth-order valence-electron chi connectivity index (χ4n) is 1.40. The van der Waals surface area contributed by atoms with Crippen molar-refractivity contribution in [1.29, 1.82) is 0 Å². The normalized spacial score (nSPS) is 10.0. The van der Waals surface area contributed by atoms with E-state index in [0.717, 1.165) is 10.2 Å². The Kier molecular flexibility index (Phi) is 3.54. The van der Waals surface area contributed by atoms with E-state index in [0.29, 0.717) is 11.4 Å². The van der Waals surface area contributed by atoms with E-state index in [9.17, 15) is 4.79 Å². The topological polar surface area (TPSA) is 42.0 Å². The van der Waals surface area contributed by atoms with Gasteiger partial charge in [0.15, 0.2) is 0 Å². The van der Waals surface area contributed by atoms with E-state index in [2.05, 4.69) is 26.2 Å². The number of carbonyl (C=O) groups excluding carboxylic acids is 1. The van der Waals surface area contributed by atoms with E-state index in [-0.39, 0.29) is 5.91 Å². The Morgan fingerprint density at radius 3 is 2.53 bits per heavy atom. The van der Waals surface area contributed by atoms with Crippen LogP contribution in [0.4, 0.5) is 5.82 Å². The third kappa shape index (κ3) is 3.14. The average molecular weight is 291 g/mol. The average Bonchev–Trinajstić information content (AvgIpc) is 2.29. The minimum atomic E-state index is -0.157. The number of carbonyl (C=O) groups is 1. The molecule has 0 radical (unpaired) electrons. The first-order chi connectivity index (χ1) is 8.15. The van der Waals surface area contributed by atoms with Crippen molar-refractivity contribution in [2.24, 2.45) is 0 Å². The van der Waals surface area contributed by atoms with Crippen molar-refractivity contribution in [1.82, 2.24) is 4.98 Å². The molecule has 1 aromatic heterocycles. The number of hydrogen-bond donors (Lipinski definition) is 1. The Bertz CT molecular complexity index is 537. The zero-order chi connectivity index (χ0) is 12.3. The lowest BCUT2D eigenvalue weighted by atomic mass is 10.2. The number of pyridine rings is 1. The molecule has 1 amide bonds. The molecule has 0 aliphatic carbocycles. The van der Waals surface area contributed by atoms with Crippen molar-refractivity contribution in [2.45, 2.75) is 6.92 Å². The molecule has 0 aliphatic rings. The van der Waals surface area contributed by atoms with Crippen molar-refractivity contribution >= 4 is 27.7 Å². The number of aryl methyl sites for hydroxylation is 1. The second-order valence-corrected chi connectivity index (χ2v) is 4.54. The van der Waals surface area contributed by atoms with Gasteiger partial charge >= 0.3 is 0 Å². The van der Waals surface area contributed by atoms with E-state index >= 15 is 0 Å². The van der Waals surface area contributed by atoms with Gasteiger partial charge in [-0.3, -0.25) is 4.79 Å². The number of aromatic nitrogens is 1. The van der Waals surface area contributed by atoms with Gasteiger partial charge in [-0.1, -0.05) is 22.0 Å². The van der Waals surface area contributed by atoms with Gasteiger partial charge in [-0.15, -0.1) is 0 Å². The molecule has 2 aromatic rings. The summed E-state index contributed by atoms with van der Waals surface area (Å²) in [5.41, 5.74) is 1.48. The summed E-state index contributed by atoms with van der Waals surface area (Å²) in [6.45, 7) is 1.88. The highest BCUT2D eigenvalue weighted by Gasteiger charge is 2.06. The monoisotopic (exact) mass is 290 g/mol. The molecule has 0 saturated carbocycles. The SMILES string of the molecule is Cc1cccc(NC(=O)c2ccc(Br)cc2)n1. The Morgan fingerprint density at radius 1 is 1.18 bits per heavy atom. The number of amides is 1. The molecule has 1 N–H and O–H groups in total. The van der Waals surface area contributed by atoms with Crippen molar-refractivity contribution in [3.05, 3.63) is 58.2 Å². The molecule has 4 heteroatoms. The van der Waals surface area contributed by atoms with E-state index < -0.39 is 0 Å². The fourth-order valence-corrected chi connectivity index (χ4v) is 1.67. The number of hydrogen-bond acceptors (Lipinski definition) is 2. The first-order valence-corrected chi connectivity index (χ1v) is 5.95. The van der Waals surface area contributed by atoms with Crippen molar-refractivity contribution < 1.29 is 4.79 Å². The number of benzene rings is 1. The lowest BCUT2D eigenvalue weighted by Crippen LogP contribution is -2.12. The van der Waals surface area contributed by atoms with Gasteiger partial charge in [0.25, 0.3) is 5.91 Å². The zero-order valence-corrected chi connectivity index (χ0v) is 10.9. The highest BCUT2D eigenvalue weighted by Crippen LogP contribution is 2.12. The summed E-state index contributed by atoms with van der Waals surface area (Å²) in [5.74, 6) is 0.411. The number of nitrogens with zero attached hydrogens (tertiary/aromatic N) is 1. The highest BCUT2D eigenvalue weighted by atomic mass is 79.9. The zero-order valence-electron chi connectivity index (χ0n) is 9.27. The van der Waals surface area contributed by atoms with Crippen LogP contribution in [-0.4, -0.2) is 10.9 Å². The maximum atomic E-state index is 11.9. The number of anilines is 1. The van der Waals surface area contributed by atoms with Gasteiger partial charge in [0.1, 0.15) is 5.82 Å². The van der Waals surface area contributed by atoms with Crippen LogP contribution in [0.2, 0.25) is 0 Å². The first kappa shape index (κ1) is 11.8. The van der Waals surface area contributed by atoms with Gasteiger partial charge in [-0.2, -0.15) is 0 Å². The maximum Gasteiger partial charge on any atom is 0.256 e. The lowest BCUT2D eigenvalue weighted by Gasteiger charge is -2.05. The molecular formula is C13H11BrN2O. The number of nitrogens with one attached hydrogen (secondary N) is 1. The van der Waals surface area contributed by atoms with Crippen molar-refractivity contribution in [3.63, 3.8) is 0 Å². The summed E-state index contributed by atoms with van der Waals surface area (Å²) in [5, 5.41) is 2.75. The molecule has 1 heterocycles. The Morgan fingerprint density at radius 2 is 1.88 bits per heavy atom. The molecule has 2 rings (SSSR count). The maximum absolute atomic E-state index is 11.9. The van der Waals surface area contributed by atoms with Gasteiger partial charge in [-0.05, 0) is 43.3 Å². The second kappa shape index (κ2) is 5.10. The highest BCUT2D eigenvalue weighted by molar-refractivity contribution is 9.10. The molecule has 1 aromatic carbocycles. The molecule has 0 atom stereocenters. The molecule has 0 unspecified atom stereocenters. The van der Waals surface area contributed by atoms with Crippen LogP contribution in [0.5, 0.6) is 0 Å². The minimum absolute atomic E-state index is 0.157. The van der Waals surface area contributed by atoms with Crippen LogP contribution in [-0.2, 0) is 0 Å².